The van der Waals surface area contributed by atoms with Crippen LogP contribution >= 0.6 is 46.1 Å². The maximum atomic E-state index is 14.2. The molecular formula is C30H28Cl3F2N3O2S. The van der Waals surface area contributed by atoms with E-state index in [1.165, 1.54) is 0 Å². The Hall–Kier alpha value is -2.23. The highest BCUT2D eigenvalue weighted by Crippen LogP contribution is 2.42. The van der Waals surface area contributed by atoms with Crippen LogP contribution in [0.5, 0.6) is 5.75 Å². The van der Waals surface area contributed by atoms with Crippen LogP contribution < -0.4 is 10.1 Å². The Bertz CT molecular complexity index is 1510. The Morgan fingerprint density at radius 1 is 1.07 bits per heavy atom. The summed E-state index contributed by atoms with van der Waals surface area (Å²) in [6, 6.07) is 8.05. The molecule has 3 heterocycles. The first-order valence-corrected chi connectivity index (χ1v) is 15.7. The molecule has 1 amide bonds. The third kappa shape index (κ3) is 6.13. The molecule has 0 spiro atoms. The summed E-state index contributed by atoms with van der Waals surface area (Å²) in [6.07, 6.45) is 7.68. The number of aromatic nitrogens is 1. The van der Waals surface area contributed by atoms with Crippen molar-refractivity contribution in [2.45, 2.75) is 69.6 Å². The standard InChI is InChI=1S/C30H28Cl3F2N3O2S/c31-20-4-1-3-16(27(20)32)15-38(18-7-8-18)30(39)26-19(13-17-6-11-23(26)37-17)24-14-36-25(41-24)5-2-12-40-29-22(35)10-9-21(34)28(29)33/h1,3-4,9-10,14,17-18,23,37H,2,5-8,11-13,15H2/t17-,23?/m0/s1. The highest BCUT2D eigenvalue weighted by molar-refractivity contribution is 7.12. The summed E-state index contributed by atoms with van der Waals surface area (Å²) in [7, 11) is 0. The molecule has 41 heavy (non-hydrogen) atoms. The van der Waals surface area contributed by atoms with E-state index >= 15 is 0 Å². The van der Waals surface area contributed by atoms with Gasteiger partial charge in [-0.25, -0.2) is 13.8 Å². The molecule has 1 saturated carbocycles. The number of rotatable bonds is 10. The van der Waals surface area contributed by atoms with Crippen LogP contribution in [0.2, 0.25) is 15.1 Å². The fourth-order valence-corrected chi connectivity index (χ4v) is 7.27. The summed E-state index contributed by atoms with van der Waals surface area (Å²) in [5.74, 6) is -1.65. The van der Waals surface area contributed by atoms with E-state index in [4.69, 9.17) is 39.5 Å². The summed E-state index contributed by atoms with van der Waals surface area (Å²) < 4.78 is 33.1. The topological polar surface area (TPSA) is 54.5 Å². The molecule has 0 radical (unpaired) electrons. The normalized spacial score (nSPS) is 20.0. The molecule has 2 aromatic carbocycles. The van der Waals surface area contributed by atoms with Crippen molar-refractivity contribution in [2.24, 2.45) is 0 Å². The van der Waals surface area contributed by atoms with Gasteiger partial charge in [0.2, 0.25) is 0 Å². The minimum Gasteiger partial charge on any atom is -0.489 e. The van der Waals surface area contributed by atoms with Crippen molar-refractivity contribution < 1.29 is 18.3 Å². The fourth-order valence-electron chi connectivity index (χ4n) is 5.65. The molecule has 2 aliphatic heterocycles. The predicted octanol–water partition coefficient (Wildman–Crippen LogP) is 7.86. The molecule has 2 atom stereocenters. The molecule has 1 unspecified atom stereocenters. The Morgan fingerprint density at radius 3 is 2.68 bits per heavy atom. The molecule has 2 fully saturated rings. The van der Waals surface area contributed by atoms with Crippen molar-refractivity contribution >= 4 is 57.6 Å². The quantitative estimate of drug-likeness (QED) is 0.181. The number of carbonyl (C=O) groups is 1. The van der Waals surface area contributed by atoms with Gasteiger partial charge in [-0.1, -0.05) is 46.9 Å². The molecule has 11 heteroatoms. The first-order chi connectivity index (χ1) is 19.8. The second-order valence-electron chi connectivity index (χ2n) is 10.7. The van der Waals surface area contributed by atoms with Crippen LogP contribution in [0.15, 0.2) is 42.1 Å². The molecule has 3 aromatic rings. The lowest BCUT2D eigenvalue weighted by Crippen LogP contribution is -2.44. The lowest BCUT2D eigenvalue weighted by Gasteiger charge is -2.31. The third-order valence-electron chi connectivity index (χ3n) is 7.85. The summed E-state index contributed by atoms with van der Waals surface area (Å²) in [4.78, 5) is 21.8. The van der Waals surface area contributed by atoms with Crippen molar-refractivity contribution in [3.8, 4) is 5.75 Å². The first kappa shape index (κ1) is 28.9. The SMILES string of the molecule is O=C(C1=C(c2cnc(CCCOc3c(F)ccc(F)c3Cl)s2)C[C@@H]2CCC1N2)N(Cc1cccc(Cl)c1Cl)C1CC1. The Morgan fingerprint density at radius 2 is 1.88 bits per heavy atom. The van der Waals surface area contributed by atoms with E-state index in [0.717, 1.165) is 70.8 Å². The van der Waals surface area contributed by atoms with Gasteiger partial charge in [-0.2, -0.15) is 0 Å². The number of ether oxygens (including phenoxy) is 1. The Kier molecular flexibility index (Phi) is 8.57. The molecule has 1 aliphatic carbocycles. The van der Waals surface area contributed by atoms with Gasteiger partial charge in [0.05, 0.1) is 26.5 Å². The van der Waals surface area contributed by atoms with Crippen molar-refractivity contribution in [3.63, 3.8) is 0 Å². The van der Waals surface area contributed by atoms with Crippen molar-refractivity contribution in [1.29, 1.82) is 0 Å². The number of hydrogen-bond acceptors (Lipinski definition) is 5. The van der Waals surface area contributed by atoms with E-state index in [0.29, 0.717) is 35.5 Å². The molecular weight excluding hydrogens is 611 g/mol. The van der Waals surface area contributed by atoms with Gasteiger partial charge in [0.15, 0.2) is 11.6 Å². The smallest absolute Gasteiger partial charge is 0.252 e. The lowest BCUT2D eigenvalue weighted by molar-refractivity contribution is -0.128. The van der Waals surface area contributed by atoms with E-state index in [2.05, 4.69) is 10.3 Å². The summed E-state index contributed by atoms with van der Waals surface area (Å²) in [5.41, 5.74) is 2.74. The fraction of sp³-hybridized carbons (Fsp3) is 0.400. The van der Waals surface area contributed by atoms with Crippen LogP contribution in [0.1, 0.15) is 54.0 Å². The number of hydrogen-bond donors (Lipinski definition) is 1. The van der Waals surface area contributed by atoms with Crippen molar-refractivity contribution in [3.05, 3.63) is 84.3 Å². The van der Waals surface area contributed by atoms with Gasteiger partial charge >= 0.3 is 0 Å². The Labute approximate surface area is 256 Å². The second-order valence-corrected chi connectivity index (χ2v) is 13.0. The number of thiazole rings is 1. The maximum absolute atomic E-state index is 14.2. The van der Waals surface area contributed by atoms with Gasteiger partial charge in [0.1, 0.15) is 10.8 Å². The van der Waals surface area contributed by atoms with Gasteiger partial charge in [-0.3, -0.25) is 4.79 Å². The molecule has 3 aliphatic rings. The number of nitrogens with one attached hydrogen (secondary N) is 1. The van der Waals surface area contributed by atoms with E-state index in [-0.39, 0.29) is 35.4 Å². The van der Waals surface area contributed by atoms with Gasteiger partial charge in [-0.15, -0.1) is 11.3 Å². The zero-order valence-corrected chi connectivity index (χ0v) is 25.2. The molecule has 216 valence electrons. The number of carbonyl (C=O) groups excluding carboxylic acids is 1. The predicted molar refractivity (Wildman–Crippen MR) is 159 cm³/mol. The van der Waals surface area contributed by atoms with Gasteiger partial charge < -0.3 is 15.0 Å². The number of nitrogens with zero attached hydrogens (tertiary/aromatic N) is 2. The number of halogens is 5. The first-order valence-electron chi connectivity index (χ1n) is 13.7. The highest BCUT2D eigenvalue weighted by atomic mass is 35.5. The van der Waals surface area contributed by atoms with Crippen LogP contribution in [-0.2, 0) is 17.8 Å². The zero-order chi connectivity index (χ0) is 28.7. The van der Waals surface area contributed by atoms with E-state index in [9.17, 15) is 13.6 Å². The highest BCUT2D eigenvalue weighted by Gasteiger charge is 2.42. The lowest BCUT2D eigenvalue weighted by atomic mass is 9.93. The number of amides is 1. The maximum Gasteiger partial charge on any atom is 0.252 e. The molecule has 1 N–H and O–H groups in total. The van der Waals surface area contributed by atoms with Crippen molar-refractivity contribution in [1.82, 2.24) is 15.2 Å². The minimum absolute atomic E-state index is 0.0113. The summed E-state index contributed by atoms with van der Waals surface area (Å²) >= 11 is 20.2. The number of aryl methyl sites for hydroxylation is 1. The third-order valence-corrected chi connectivity index (χ3v) is 10.2. The molecule has 2 bridgehead atoms. The van der Waals surface area contributed by atoms with E-state index < -0.39 is 11.6 Å². The minimum atomic E-state index is -0.724. The number of benzene rings is 2. The Balaban J connectivity index is 1.19. The summed E-state index contributed by atoms with van der Waals surface area (Å²) in [6.45, 7) is 0.581. The van der Waals surface area contributed by atoms with Gasteiger partial charge in [-0.05, 0) is 67.9 Å². The average Bonchev–Trinajstić information content (AvgIpc) is 3.58. The zero-order valence-electron chi connectivity index (χ0n) is 22.1. The van der Waals surface area contributed by atoms with Crippen molar-refractivity contribution in [2.75, 3.05) is 6.61 Å². The van der Waals surface area contributed by atoms with Crippen LogP contribution in [0, 0.1) is 11.6 Å². The van der Waals surface area contributed by atoms with E-state index in [1.54, 1.807) is 17.4 Å². The average molecular weight is 639 g/mol. The summed E-state index contributed by atoms with van der Waals surface area (Å²) in [5, 5.41) is 5.15. The number of fused-ring (bicyclic) bond motifs is 2. The molecule has 1 aromatic heterocycles. The van der Waals surface area contributed by atoms with E-state index in [1.807, 2.05) is 23.2 Å². The van der Waals surface area contributed by atoms with Crippen LogP contribution in [0.4, 0.5) is 8.78 Å². The van der Waals surface area contributed by atoms with Crippen LogP contribution in [-0.4, -0.2) is 40.5 Å². The molecule has 6 rings (SSSR count). The van der Waals surface area contributed by atoms with Crippen LogP contribution in [0.25, 0.3) is 5.57 Å². The monoisotopic (exact) mass is 637 g/mol. The van der Waals surface area contributed by atoms with Crippen LogP contribution in [0.3, 0.4) is 0 Å². The molecule has 5 nitrogen and oxygen atoms in total. The molecule has 1 saturated heterocycles. The second kappa shape index (κ2) is 12.2. The van der Waals surface area contributed by atoms with Gasteiger partial charge in [0, 0.05) is 42.9 Å². The van der Waals surface area contributed by atoms with Gasteiger partial charge in [0.25, 0.3) is 5.91 Å². The largest absolute Gasteiger partial charge is 0.489 e.